The van der Waals surface area contributed by atoms with Gasteiger partial charge >= 0.3 is 5.97 Å². The first-order valence-electron chi connectivity index (χ1n) is 3.64. The van der Waals surface area contributed by atoms with E-state index >= 15 is 0 Å². The van der Waals surface area contributed by atoms with Crippen LogP contribution in [0, 0.1) is 0 Å². The van der Waals surface area contributed by atoms with Crippen molar-refractivity contribution in [2.75, 3.05) is 7.11 Å². The standard InChI is InChI=1S/C7H13F2NO2/c1-3-7(8,9)4-5(10)6(11)12-2/h5H,3-4,10H2,1-2H3/t5-/m1/s1. The predicted octanol–water partition coefficient (Wildman–Crippen LogP) is 0.922. The Morgan fingerprint density at radius 2 is 2.17 bits per heavy atom. The molecule has 0 bridgehead atoms. The minimum absolute atomic E-state index is 0.322. The lowest BCUT2D eigenvalue weighted by Crippen LogP contribution is -2.37. The Hall–Kier alpha value is -0.710. The average molecular weight is 181 g/mol. The molecular formula is C7H13F2NO2. The number of carbonyl (C=O) groups is 1. The fourth-order valence-electron chi connectivity index (χ4n) is 0.701. The maximum Gasteiger partial charge on any atom is 0.322 e. The van der Waals surface area contributed by atoms with E-state index in [4.69, 9.17) is 5.73 Å². The molecule has 2 N–H and O–H groups in total. The number of hydrogen-bond acceptors (Lipinski definition) is 3. The molecule has 0 unspecified atom stereocenters. The summed E-state index contributed by atoms with van der Waals surface area (Å²) < 4.78 is 29.4. The maximum absolute atomic E-state index is 12.6. The predicted molar refractivity (Wildman–Crippen MR) is 39.8 cm³/mol. The number of rotatable bonds is 4. The number of nitrogens with two attached hydrogens (primary N) is 1. The molecule has 0 saturated carbocycles. The van der Waals surface area contributed by atoms with Gasteiger partial charge < -0.3 is 10.5 Å². The van der Waals surface area contributed by atoms with Crippen LogP contribution < -0.4 is 5.73 Å². The highest BCUT2D eigenvalue weighted by atomic mass is 19.3. The number of alkyl halides is 2. The van der Waals surface area contributed by atoms with Gasteiger partial charge in [-0.1, -0.05) is 6.92 Å². The van der Waals surface area contributed by atoms with Crippen LogP contribution in [0.3, 0.4) is 0 Å². The Morgan fingerprint density at radius 3 is 2.50 bits per heavy atom. The summed E-state index contributed by atoms with van der Waals surface area (Å²) in [6.07, 6.45) is -0.978. The van der Waals surface area contributed by atoms with Crippen molar-refractivity contribution in [2.45, 2.75) is 31.7 Å². The van der Waals surface area contributed by atoms with Gasteiger partial charge in [-0.05, 0) is 0 Å². The monoisotopic (exact) mass is 181 g/mol. The van der Waals surface area contributed by atoms with Gasteiger partial charge in [0.1, 0.15) is 6.04 Å². The summed E-state index contributed by atoms with van der Waals surface area (Å²) in [4.78, 5) is 10.6. The van der Waals surface area contributed by atoms with Crippen LogP contribution >= 0.6 is 0 Å². The molecule has 0 aromatic carbocycles. The Bertz CT molecular complexity index is 161. The second kappa shape index (κ2) is 4.35. The zero-order valence-electron chi connectivity index (χ0n) is 7.14. The lowest BCUT2D eigenvalue weighted by Gasteiger charge is -2.17. The van der Waals surface area contributed by atoms with E-state index in [1.165, 1.54) is 6.92 Å². The van der Waals surface area contributed by atoms with Gasteiger partial charge in [0.25, 0.3) is 0 Å². The highest BCUT2D eigenvalue weighted by Crippen LogP contribution is 2.23. The molecule has 0 amide bonds. The van der Waals surface area contributed by atoms with Gasteiger partial charge in [0.15, 0.2) is 0 Å². The minimum atomic E-state index is -2.88. The fourth-order valence-corrected chi connectivity index (χ4v) is 0.701. The zero-order chi connectivity index (χ0) is 9.78. The van der Waals surface area contributed by atoms with E-state index < -0.39 is 24.4 Å². The van der Waals surface area contributed by atoms with Gasteiger partial charge in [-0.2, -0.15) is 0 Å². The lowest BCUT2D eigenvalue weighted by molar-refractivity contribution is -0.144. The summed E-state index contributed by atoms with van der Waals surface area (Å²) >= 11 is 0. The molecule has 5 heteroatoms. The van der Waals surface area contributed by atoms with Crippen LogP contribution in [-0.2, 0) is 9.53 Å². The van der Waals surface area contributed by atoms with Gasteiger partial charge in [0, 0.05) is 12.8 Å². The van der Waals surface area contributed by atoms with E-state index in [1.807, 2.05) is 0 Å². The second-order valence-electron chi connectivity index (χ2n) is 2.54. The van der Waals surface area contributed by atoms with E-state index in [2.05, 4.69) is 4.74 Å². The highest BCUT2D eigenvalue weighted by molar-refractivity contribution is 5.75. The Balaban J connectivity index is 3.99. The molecule has 0 aromatic heterocycles. The molecule has 0 aliphatic carbocycles. The molecule has 12 heavy (non-hydrogen) atoms. The molecule has 0 aliphatic rings. The van der Waals surface area contributed by atoms with E-state index in [9.17, 15) is 13.6 Å². The van der Waals surface area contributed by atoms with Crippen molar-refractivity contribution in [3.05, 3.63) is 0 Å². The summed E-state index contributed by atoms with van der Waals surface area (Å²) in [5, 5.41) is 0. The van der Waals surface area contributed by atoms with Gasteiger partial charge in [0.2, 0.25) is 5.92 Å². The van der Waals surface area contributed by atoms with Crippen molar-refractivity contribution in [3.8, 4) is 0 Å². The Kier molecular flexibility index (Phi) is 4.09. The van der Waals surface area contributed by atoms with Crippen molar-refractivity contribution in [1.82, 2.24) is 0 Å². The van der Waals surface area contributed by atoms with E-state index in [0.717, 1.165) is 7.11 Å². The largest absolute Gasteiger partial charge is 0.468 e. The Morgan fingerprint density at radius 1 is 1.67 bits per heavy atom. The van der Waals surface area contributed by atoms with Gasteiger partial charge in [0.05, 0.1) is 7.11 Å². The summed E-state index contributed by atoms with van der Waals surface area (Å²) in [6, 6.07) is -1.23. The Labute approximate surface area is 69.9 Å². The molecular weight excluding hydrogens is 168 g/mol. The van der Waals surface area contributed by atoms with Crippen molar-refractivity contribution in [1.29, 1.82) is 0 Å². The van der Waals surface area contributed by atoms with Crippen LogP contribution in [0.2, 0.25) is 0 Å². The molecule has 0 fully saturated rings. The van der Waals surface area contributed by atoms with Crippen LogP contribution in [0.5, 0.6) is 0 Å². The van der Waals surface area contributed by atoms with Crippen LogP contribution in [0.25, 0.3) is 0 Å². The number of ether oxygens (including phenoxy) is 1. The van der Waals surface area contributed by atoms with Crippen molar-refractivity contribution in [2.24, 2.45) is 5.73 Å². The first-order valence-corrected chi connectivity index (χ1v) is 3.64. The number of halogens is 2. The third-order valence-corrected chi connectivity index (χ3v) is 1.54. The quantitative estimate of drug-likeness (QED) is 0.656. The second-order valence-corrected chi connectivity index (χ2v) is 2.54. The molecule has 72 valence electrons. The SMILES string of the molecule is CCC(F)(F)C[C@@H](N)C(=O)OC. The summed E-state index contributed by atoms with van der Waals surface area (Å²) in [6.45, 7) is 1.34. The van der Waals surface area contributed by atoms with E-state index in [0.29, 0.717) is 0 Å². The zero-order valence-corrected chi connectivity index (χ0v) is 7.14. The molecule has 0 saturated heterocycles. The first-order chi connectivity index (χ1) is 5.43. The molecule has 0 radical (unpaired) electrons. The molecule has 0 aliphatic heterocycles. The smallest absolute Gasteiger partial charge is 0.322 e. The first kappa shape index (κ1) is 11.3. The number of carbonyl (C=O) groups excluding carboxylic acids is 1. The fraction of sp³-hybridized carbons (Fsp3) is 0.857. The normalized spacial score (nSPS) is 14.1. The summed E-state index contributed by atoms with van der Waals surface area (Å²) in [5.74, 6) is -3.68. The van der Waals surface area contributed by atoms with Crippen LogP contribution in [0.4, 0.5) is 8.78 Å². The van der Waals surface area contributed by atoms with Gasteiger partial charge in [-0.25, -0.2) is 8.78 Å². The van der Waals surface area contributed by atoms with Gasteiger partial charge in [-0.3, -0.25) is 4.79 Å². The molecule has 0 spiro atoms. The molecule has 0 rings (SSSR count). The number of methoxy groups -OCH3 is 1. The topological polar surface area (TPSA) is 52.3 Å². The molecule has 3 nitrogen and oxygen atoms in total. The minimum Gasteiger partial charge on any atom is -0.468 e. The molecule has 0 heterocycles. The average Bonchev–Trinajstić information content (AvgIpc) is 2.02. The third kappa shape index (κ3) is 3.61. The summed E-state index contributed by atoms with van der Waals surface area (Å²) in [7, 11) is 1.12. The van der Waals surface area contributed by atoms with E-state index in [-0.39, 0.29) is 6.42 Å². The van der Waals surface area contributed by atoms with Crippen molar-refractivity contribution >= 4 is 5.97 Å². The van der Waals surface area contributed by atoms with Gasteiger partial charge in [-0.15, -0.1) is 0 Å². The van der Waals surface area contributed by atoms with Crippen LogP contribution in [0.1, 0.15) is 19.8 Å². The van der Waals surface area contributed by atoms with Crippen molar-refractivity contribution < 1.29 is 18.3 Å². The van der Waals surface area contributed by atoms with Crippen molar-refractivity contribution in [3.63, 3.8) is 0 Å². The van der Waals surface area contributed by atoms with Crippen LogP contribution in [-0.4, -0.2) is 25.0 Å². The third-order valence-electron chi connectivity index (χ3n) is 1.54. The van der Waals surface area contributed by atoms with Crippen LogP contribution in [0.15, 0.2) is 0 Å². The maximum atomic E-state index is 12.6. The number of esters is 1. The lowest BCUT2D eigenvalue weighted by atomic mass is 10.1. The highest BCUT2D eigenvalue weighted by Gasteiger charge is 2.32. The molecule has 0 aromatic rings. The summed E-state index contributed by atoms with van der Waals surface area (Å²) in [5.41, 5.74) is 5.13. The number of hydrogen-bond donors (Lipinski definition) is 1. The van der Waals surface area contributed by atoms with E-state index in [1.54, 1.807) is 0 Å². The molecule has 1 atom stereocenters.